The minimum atomic E-state index is -4.32. The molecule has 0 bridgehead atoms. The molecular weight excluding hydrogens is 337 g/mol. The van der Waals surface area contributed by atoms with Crippen LogP contribution in [0, 0.1) is 0 Å². The van der Waals surface area contributed by atoms with E-state index in [0.717, 1.165) is 23.3 Å². The van der Waals surface area contributed by atoms with E-state index in [1.807, 2.05) is 0 Å². The number of alkyl halides is 3. The van der Waals surface area contributed by atoms with Gasteiger partial charge in [0.2, 0.25) is 0 Å². The van der Waals surface area contributed by atoms with Crippen molar-refractivity contribution in [3.05, 3.63) is 58.0 Å². The lowest BCUT2D eigenvalue weighted by atomic mass is 10.0. The molecule has 1 unspecified atom stereocenters. The molecule has 20 heavy (non-hydrogen) atoms. The Morgan fingerprint density at radius 1 is 1.20 bits per heavy atom. The second-order valence-electron chi connectivity index (χ2n) is 4.27. The van der Waals surface area contributed by atoms with Gasteiger partial charge in [-0.05, 0) is 46.1 Å². The van der Waals surface area contributed by atoms with E-state index in [0.29, 0.717) is 11.1 Å². The third kappa shape index (κ3) is 3.41. The third-order valence-corrected chi connectivity index (χ3v) is 3.59. The van der Waals surface area contributed by atoms with E-state index in [4.69, 9.17) is 10.3 Å². The maximum absolute atomic E-state index is 12.5. The van der Waals surface area contributed by atoms with Gasteiger partial charge in [-0.3, -0.25) is 11.3 Å². The highest BCUT2D eigenvalue weighted by atomic mass is 79.9. The minimum Gasteiger partial charge on any atom is -0.457 e. The summed E-state index contributed by atoms with van der Waals surface area (Å²) in [5, 5.41) is 0. The summed E-state index contributed by atoms with van der Waals surface area (Å²) in [6.07, 6.45) is -2.36. The monoisotopic (exact) mass is 348 g/mol. The van der Waals surface area contributed by atoms with Gasteiger partial charge in [0.1, 0.15) is 0 Å². The lowest BCUT2D eigenvalue weighted by Gasteiger charge is -2.15. The van der Waals surface area contributed by atoms with Crippen LogP contribution in [-0.2, 0) is 12.6 Å². The lowest BCUT2D eigenvalue weighted by molar-refractivity contribution is -0.137. The molecule has 0 spiro atoms. The van der Waals surface area contributed by atoms with Crippen LogP contribution in [0.1, 0.15) is 22.7 Å². The summed E-state index contributed by atoms with van der Waals surface area (Å²) < 4.78 is 43.1. The van der Waals surface area contributed by atoms with Crippen LogP contribution in [-0.4, -0.2) is 0 Å². The summed E-state index contributed by atoms with van der Waals surface area (Å²) in [6.45, 7) is 0. The molecule has 2 aromatic rings. The first-order chi connectivity index (χ1) is 9.41. The Hall–Kier alpha value is -1.31. The normalized spacial score (nSPS) is 13.4. The molecule has 0 fully saturated rings. The fourth-order valence-corrected chi connectivity index (χ4v) is 2.39. The van der Waals surface area contributed by atoms with Crippen molar-refractivity contribution in [2.45, 2.75) is 18.6 Å². The third-order valence-electron chi connectivity index (χ3n) is 2.94. The van der Waals surface area contributed by atoms with Gasteiger partial charge in [0, 0.05) is 5.56 Å². The number of nitrogens with two attached hydrogens (primary N) is 1. The lowest BCUT2D eigenvalue weighted by Crippen LogP contribution is -2.29. The Labute approximate surface area is 122 Å². The standard InChI is InChI=1S/C13H12BrF3N2O/c14-12-10(5-6-20-12)11(19-18)7-8-1-3-9(4-2-8)13(15,16)17/h1-6,11,19H,7,18H2. The van der Waals surface area contributed by atoms with Crippen LogP contribution in [0.3, 0.4) is 0 Å². The fraction of sp³-hybridized carbons (Fsp3) is 0.231. The first-order valence-electron chi connectivity index (χ1n) is 5.77. The topological polar surface area (TPSA) is 51.2 Å². The van der Waals surface area contributed by atoms with E-state index < -0.39 is 11.7 Å². The van der Waals surface area contributed by atoms with Gasteiger partial charge < -0.3 is 4.42 Å². The van der Waals surface area contributed by atoms with Crippen LogP contribution in [0.5, 0.6) is 0 Å². The van der Waals surface area contributed by atoms with E-state index >= 15 is 0 Å². The largest absolute Gasteiger partial charge is 0.457 e. The van der Waals surface area contributed by atoms with E-state index in [2.05, 4.69) is 21.4 Å². The molecule has 1 atom stereocenters. The summed E-state index contributed by atoms with van der Waals surface area (Å²) in [7, 11) is 0. The van der Waals surface area contributed by atoms with Crippen LogP contribution < -0.4 is 11.3 Å². The molecule has 1 aromatic carbocycles. The predicted molar refractivity (Wildman–Crippen MR) is 71.6 cm³/mol. The molecular formula is C13H12BrF3N2O. The molecule has 0 radical (unpaired) electrons. The molecule has 0 saturated carbocycles. The molecule has 2 rings (SSSR count). The van der Waals surface area contributed by atoms with Crippen molar-refractivity contribution in [2.24, 2.45) is 5.84 Å². The number of rotatable bonds is 4. The molecule has 0 amide bonds. The second-order valence-corrected chi connectivity index (χ2v) is 4.99. The zero-order chi connectivity index (χ0) is 14.8. The average molecular weight is 349 g/mol. The summed E-state index contributed by atoms with van der Waals surface area (Å²) in [5.74, 6) is 5.49. The number of furan rings is 1. The summed E-state index contributed by atoms with van der Waals surface area (Å²) in [4.78, 5) is 0. The van der Waals surface area contributed by atoms with Crippen molar-refractivity contribution in [3.63, 3.8) is 0 Å². The van der Waals surface area contributed by atoms with Crippen molar-refractivity contribution < 1.29 is 17.6 Å². The van der Waals surface area contributed by atoms with E-state index in [1.54, 1.807) is 6.07 Å². The van der Waals surface area contributed by atoms with Gasteiger partial charge in [0.25, 0.3) is 0 Å². The van der Waals surface area contributed by atoms with Gasteiger partial charge in [-0.2, -0.15) is 13.2 Å². The Balaban J connectivity index is 2.15. The molecule has 1 heterocycles. The summed E-state index contributed by atoms with van der Waals surface area (Å²) >= 11 is 3.25. The Bertz CT molecular complexity index is 566. The molecule has 7 heteroatoms. The quantitative estimate of drug-likeness (QED) is 0.652. The molecule has 0 aliphatic carbocycles. The predicted octanol–water partition coefficient (Wildman–Crippen LogP) is 3.81. The Kier molecular flexibility index (Phi) is 4.52. The molecule has 3 N–H and O–H groups in total. The number of nitrogens with one attached hydrogen (secondary N) is 1. The van der Waals surface area contributed by atoms with E-state index in [-0.39, 0.29) is 6.04 Å². The van der Waals surface area contributed by atoms with E-state index in [1.165, 1.54) is 18.4 Å². The van der Waals surface area contributed by atoms with Crippen molar-refractivity contribution in [2.75, 3.05) is 0 Å². The smallest absolute Gasteiger partial charge is 0.416 e. The Morgan fingerprint density at radius 3 is 2.30 bits per heavy atom. The zero-order valence-corrected chi connectivity index (χ0v) is 11.8. The highest BCUT2D eigenvalue weighted by Gasteiger charge is 2.30. The van der Waals surface area contributed by atoms with Gasteiger partial charge in [0.05, 0.1) is 17.9 Å². The van der Waals surface area contributed by atoms with Gasteiger partial charge in [-0.1, -0.05) is 12.1 Å². The van der Waals surface area contributed by atoms with E-state index in [9.17, 15) is 13.2 Å². The van der Waals surface area contributed by atoms with Gasteiger partial charge in [-0.25, -0.2) is 0 Å². The molecule has 0 aliphatic rings. The molecule has 3 nitrogen and oxygen atoms in total. The summed E-state index contributed by atoms with van der Waals surface area (Å²) in [6, 6.07) is 6.52. The number of hydrogen-bond donors (Lipinski definition) is 2. The maximum atomic E-state index is 12.5. The van der Waals surface area contributed by atoms with Crippen LogP contribution in [0.2, 0.25) is 0 Å². The highest BCUT2D eigenvalue weighted by molar-refractivity contribution is 9.10. The SMILES string of the molecule is NNC(Cc1ccc(C(F)(F)F)cc1)c1ccoc1Br. The second kappa shape index (κ2) is 5.99. The minimum absolute atomic E-state index is 0.250. The highest BCUT2D eigenvalue weighted by Crippen LogP contribution is 2.30. The van der Waals surface area contributed by atoms with Crippen LogP contribution in [0.15, 0.2) is 45.7 Å². The fourth-order valence-electron chi connectivity index (χ4n) is 1.88. The Morgan fingerprint density at radius 2 is 1.85 bits per heavy atom. The molecule has 1 aromatic heterocycles. The van der Waals surface area contributed by atoms with Crippen LogP contribution in [0.25, 0.3) is 0 Å². The maximum Gasteiger partial charge on any atom is 0.416 e. The van der Waals surface area contributed by atoms with Crippen molar-refractivity contribution in [3.8, 4) is 0 Å². The zero-order valence-electron chi connectivity index (χ0n) is 10.2. The van der Waals surface area contributed by atoms with Crippen molar-refractivity contribution in [1.29, 1.82) is 0 Å². The number of hydrogen-bond acceptors (Lipinski definition) is 3. The first-order valence-corrected chi connectivity index (χ1v) is 6.56. The first kappa shape index (κ1) is 15.1. The summed E-state index contributed by atoms with van der Waals surface area (Å²) in [5.41, 5.74) is 3.52. The van der Waals surface area contributed by atoms with Gasteiger partial charge in [0.15, 0.2) is 4.67 Å². The van der Waals surface area contributed by atoms with Crippen molar-refractivity contribution in [1.82, 2.24) is 5.43 Å². The van der Waals surface area contributed by atoms with Crippen LogP contribution in [0.4, 0.5) is 13.2 Å². The molecule has 0 saturated heterocycles. The number of hydrazine groups is 1. The van der Waals surface area contributed by atoms with Crippen molar-refractivity contribution >= 4 is 15.9 Å². The van der Waals surface area contributed by atoms with Gasteiger partial charge >= 0.3 is 6.18 Å². The number of benzene rings is 1. The average Bonchev–Trinajstić information content (AvgIpc) is 2.82. The van der Waals surface area contributed by atoms with Gasteiger partial charge in [-0.15, -0.1) is 0 Å². The molecule has 0 aliphatic heterocycles. The van der Waals surface area contributed by atoms with Crippen LogP contribution >= 0.6 is 15.9 Å². The molecule has 108 valence electrons. The number of halogens is 4.